The number of hydrogen-bond donors (Lipinski definition) is 1. The third-order valence-electron chi connectivity index (χ3n) is 3.68. The first-order chi connectivity index (χ1) is 9.84. The summed E-state index contributed by atoms with van der Waals surface area (Å²) in [5.74, 6) is 0.997. The molecular formula is C17H20N2O. The molecule has 0 amide bonds. The van der Waals surface area contributed by atoms with Crippen molar-refractivity contribution >= 4 is 10.9 Å². The summed E-state index contributed by atoms with van der Waals surface area (Å²) in [6.45, 7) is 4.14. The van der Waals surface area contributed by atoms with E-state index in [0.29, 0.717) is 0 Å². The van der Waals surface area contributed by atoms with E-state index in [9.17, 15) is 0 Å². The summed E-state index contributed by atoms with van der Waals surface area (Å²) in [6, 6.07) is 14.9. The molecule has 0 fully saturated rings. The number of aromatic nitrogens is 1. The van der Waals surface area contributed by atoms with Crippen LogP contribution in [0.4, 0.5) is 0 Å². The summed E-state index contributed by atoms with van der Waals surface area (Å²) < 4.78 is 7.70. The van der Waals surface area contributed by atoms with Gasteiger partial charge in [-0.3, -0.25) is 0 Å². The van der Waals surface area contributed by atoms with E-state index in [-0.39, 0.29) is 6.04 Å². The quantitative estimate of drug-likeness (QED) is 0.685. The van der Waals surface area contributed by atoms with Crippen molar-refractivity contribution in [3.8, 4) is 0 Å². The second-order valence-electron chi connectivity index (χ2n) is 5.11. The molecule has 1 atom stereocenters. The van der Waals surface area contributed by atoms with Crippen LogP contribution in [0.15, 0.2) is 59.3 Å². The van der Waals surface area contributed by atoms with Crippen molar-refractivity contribution in [1.82, 2.24) is 9.88 Å². The van der Waals surface area contributed by atoms with Gasteiger partial charge in [-0.2, -0.15) is 0 Å². The summed E-state index contributed by atoms with van der Waals surface area (Å²) in [6.07, 6.45) is 4.99. The lowest BCUT2D eigenvalue weighted by molar-refractivity contribution is 0.425. The number of hydrogen-bond acceptors (Lipinski definition) is 2. The van der Waals surface area contributed by atoms with Crippen molar-refractivity contribution < 1.29 is 4.42 Å². The highest BCUT2D eigenvalue weighted by molar-refractivity contribution is 5.79. The Morgan fingerprint density at radius 1 is 1.15 bits per heavy atom. The van der Waals surface area contributed by atoms with Crippen LogP contribution in [-0.2, 0) is 6.54 Å². The van der Waals surface area contributed by atoms with Gasteiger partial charge in [0.15, 0.2) is 0 Å². The topological polar surface area (TPSA) is 30.1 Å². The number of aryl methyl sites for hydroxylation is 1. The fourth-order valence-electron chi connectivity index (χ4n) is 2.54. The fourth-order valence-corrected chi connectivity index (χ4v) is 2.54. The summed E-state index contributed by atoms with van der Waals surface area (Å²) in [4.78, 5) is 0. The van der Waals surface area contributed by atoms with Gasteiger partial charge in [-0.25, -0.2) is 0 Å². The highest BCUT2D eigenvalue weighted by Crippen LogP contribution is 2.15. The summed E-state index contributed by atoms with van der Waals surface area (Å²) >= 11 is 0. The molecule has 0 saturated carbocycles. The molecule has 2 heterocycles. The molecule has 1 unspecified atom stereocenters. The lowest BCUT2D eigenvalue weighted by Gasteiger charge is -2.11. The average molecular weight is 268 g/mol. The number of fused-ring (bicyclic) bond motifs is 1. The Morgan fingerprint density at radius 2 is 2.05 bits per heavy atom. The van der Waals surface area contributed by atoms with Crippen LogP contribution in [0.1, 0.15) is 25.1 Å². The van der Waals surface area contributed by atoms with Crippen LogP contribution in [-0.4, -0.2) is 11.1 Å². The van der Waals surface area contributed by atoms with Crippen molar-refractivity contribution in [1.29, 1.82) is 0 Å². The van der Waals surface area contributed by atoms with E-state index >= 15 is 0 Å². The van der Waals surface area contributed by atoms with E-state index in [2.05, 4.69) is 53.3 Å². The number of nitrogens with zero attached hydrogens (tertiary/aromatic N) is 1. The molecule has 3 heteroatoms. The Morgan fingerprint density at radius 3 is 2.90 bits per heavy atom. The SMILES string of the molecule is CC(NCCCn1ccc2ccccc21)c1ccco1. The van der Waals surface area contributed by atoms with Gasteiger partial charge in [0.2, 0.25) is 0 Å². The molecule has 3 aromatic rings. The zero-order valence-corrected chi connectivity index (χ0v) is 11.8. The molecule has 0 saturated heterocycles. The van der Waals surface area contributed by atoms with E-state index in [1.54, 1.807) is 6.26 Å². The molecule has 0 aliphatic rings. The Bertz CT molecular complexity index is 655. The van der Waals surface area contributed by atoms with Crippen LogP contribution in [0, 0.1) is 0 Å². The third kappa shape index (κ3) is 2.78. The highest BCUT2D eigenvalue weighted by Gasteiger charge is 2.06. The van der Waals surface area contributed by atoms with Crippen molar-refractivity contribution in [3.05, 3.63) is 60.7 Å². The number of nitrogens with one attached hydrogen (secondary N) is 1. The molecule has 2 aromatic heterocycles. The first-order valence-corrected chi connectivity index (χ1v) is 7.15. The van der Waals surface area contributed by atoms with Crippen molar-refractivity contribution in [2.45, 2.75) is 25.9 Å². The molecule has 104 valence electrons. The maximum absolute atomic E-state index is 5.39. The first-order valence-electron chi connectivity index (χ1n) is 7.15. The zero-order valence-electron chi connectivity index (χ0n) is 11.8. The summed E-state index contributed by atoms with van der Waals surface area (Å²) in [5, 5.41) is 4.80. The molecule has 20 heavy (non-hydrogen) atoms. The molecule has 1 N–H and O–H groups in total. The van der Waals surface area contributed by atoms with E-state index in [4.69, 9.17) is 4.42 Å². The smallest absolute Gasteiger partial charge is 0.120 e. The molecule has 3 rings (SSSR count). The minimum Gasteiger partial charge on any atom is -0.468 e. The molecule has 0 bridgehead atoms. The maximum Gasteiger partial charge on any atom is 0.120 e. The Balaban J connectivity index is 1.50. The molecular weight excluding hydrogens is 248 g/mol. The van der Waals surface area contributed by atoms with E-state index < -0.39 is 0 Å². The largest absolute Gasteiger partial charge is 0.468 e. The van der Waals surface area contributed by atoms with Gasteiger partial charge >= 0.3 is 0 Å². The number of rotatable bonds is 6. The third-order valence-corrected chi connectivity index (χ3v) is 3.68. The van der Waals surface area contributed by atoms with Gasteiger partial charge in [0.05, 0.1) is 12.3 Å². The minimum absolute atomic E-state index is 0.270. The van der Waals surface area contributed by atoms with Gasteiger partial charge in [0, 0.05) is 18.3 Å². The van der Waals surface area contributed by atoms with Crippen LogP contribution in [0.2, 0.25) is 0 Å². The Kier molecular flexibility index (Phi) is 3.88. The van der Waals surface area contributed by atoms with Gasteiger partial charge in [-0.15, -0.1) is 0 Å². The second kappa shape index (κ2) is 5.97. The average Bonchev–Trinajstić information content (AvgIpc) is 3.13. The number of para-hydroxylation sites is 1. The predicted octanol–water partition coefficient (Wildman–Crippen LogP) is 3.98. The summed E-state index contributed by atoms with van der Waals surface area (Å²) in [5.41, 5.74) is 1.31. The molecule has 0 radical (unpaired) electrons. The van der Waals surface area contributed by atoms with Gasteiger partial charge in [0.25, 0.3) is 0 Å². The van der Waals surface area contributed by atoms with Crippen LogP contribution in [0.3, 0.4) is 0 Å². The van der Waals surface area contributed by atoms with Gasteiger partial charge < -0.3 is 14.3 Å². The van der Waals surface area contributed by atoms with Crippen LogP contribution in [0.5, 0.6) is 0 Å². The predicted molar refractivity (Wildman–Crippen MR) is 81.7 cm³/mol. The molecule has 0 aliphatic heterocycles. The lowest BCUT2D eigenvalue weighted by atomic mass is 10.2. The Labute approximate surface area is 119 Å². The fraction of sp³-hybridized carbons (Fsp3) is 0.294. The molecule has 0 aliphatic carbocycles. The maximum atomic E-state index is 5.39. The molecule has 0 spiro atoms. The lowest BCUT2D eigenvalue weighted by Crippen LogP contribution is -2.20. The van der Waals surface area contributed by atoms with Crippen molar-refractivity contribution in [2.75, 3.05) is 6.54 Å². The van der Waals surface area contributed by atoms with E-state index in [1.165, 1.54) is 10.9 Å². The van der Waals surface area contributed by atoms with Crippen molar-refractivity contribution in [2.24, 2.45) is 0 Å². The van der Waals surface area contributed by atoms with Gasteiger partial charge in [0.1, 0.15) is 5.76 Å². The minimum atomic E-state index is 0.270. The summed E-state index contributed by atoms with van der Waals surface area (Å²) in [7, 11) is 0. The highest BCUT2D eigenvalue weighted by atomic mass is 16.3. The monoisotopic (exact) mass is 268 g/mol. The van der Waals surface area contributed by atoms with Crippen LogP contribution >= 0.6 is 0 Å². The first kappa shape index (κ1) is 13.0. The molecule has 1 aromatic carbocycles. The zero-order chi connectivity index (χ0) is 13.8. The Hall–Kier alpha value is -2.00. The number of furan rings is 1. The van der Waals surface area contributed by atoms with Crippen LogP contribution in [0.25, 0.3) is 10.9 Å². The second-order valence-corrected chi connectivity index (χ2v) is 5.11. The van der Waals surface area contributed by atoms with Crippen LogP contribution < -0.4 is 5.32 Å². The standard InChI is InChI=1S/C17H20N2O/c1-14(17-8-4-13-20-17)18-10-5-11-19-12-9-15-6-2-3-7-16(15)19/h2-4,6-9,12-14,18H,5,10-11H2,1H3. The van der Waals surface area contributed by atoms with E-state index in [1.807, 2.05) is 12.1 Å². The normalized spacial score (nSPS) is 12.8. The van der Waals surface area contributed by atoms with Gasteiger partial charge in [-0.1, -0.05) is 18.2 Å². The van der Waals surface area contributed by atoms with Gasteiger partial charge in [-0.05, 0) is 49.5 Å². The molecule has 3 nitrogen and oxygen atoms in total. The van der Waals surface area contributed by atoms with E-state index in [0.717, 1.165) is 25.3 Å². The van der Waals surface area contributed by atoms with Crippen molar-refractivity contribution in [3.63, 3.8) is 0 Å². The number of benzene rings is 1.